The quantitative estimate of drug-likeness (QED) is 0.337. The van der Waals surface area contributed by atoms with Gasteiger partial charge in [0.25, 0.3) is 0 Å². The molecule has 0 saturated heterocycles. The van der Waals surface area contributed by atoms with Gasteiger partial charge < -0.3 is 0 Å². The Morgan fingerprint density at radius 1 is 0.909 bits per heavy atom. The van der Waals surface area contributed by atoms with Crippen LogP contribution in [-0.4, -0.2) is 19.1 Å². The average molecular weight is 154 g/mol. The van der Waals surface area contributed by atoms with Crippen LogP contribution in [0.15, 0.2) is 30.9 Å². The van der Waals surface area contributed by atoms with Gasteiger partial charge >= 0.3 is 0 Å². The van der Waals surface area contributed by atoms with E-state index in [1.54, 1.807) is 0 Å². The van der Waals surface area contributed by atoms with Gasteiger partial charge in [-0.2, -0.15) is 10.2 Å². The van der Waals surface area contributed by atoms with Gasteiger partial charge in [-0.05, 0) is 24.3 Å². The van der Waals surface area contributed by atoms with Gasteiger partial charge in [0.2, 0.25) is 0 Å². The Morgan fingerprint density at radius 2 is 1.36 bits per heavy atom. The van der Waals surface area contributed by atoms with Gasteiger partial charge in [0.15, 0.2) is 0 Å². The summed E-state index contributed by atoms with van der Waals surface area (Å²) in [4.78, 5) is 0. The zero-order valence-electron chi connectivity index (χ0n) is 6.60. The molecule has 0 atom stereocenters. The van der Waals surface area contributed by atoms with Crippen molar-refractivity contribution in [3.05, 3.63) is 0 Å². The van der Waals surface area contributed by atoms with Crippen LogP contribution < -0.4 is 0 Å². The molecule has 0 aliphatic carbocycles. The van der Waals surface area contributed by atoms with Crippen LogP contribution in [0.3, 0.4) is 0 Å². The van der Waals surface area contributed by atoms with Crippen molar-refractivity contribution in [1.82, 2.24) is 0 Å². The zero-order chi connectivity index (χ0) is 8.36. The highest BCUT2D eigenvalue weighted by Crippen LogP contribution is 1.75. The van der Waals surface area contributed by atoms with E-state index in [9.17, 15) is 0 Å². The fourth-order valence-electron chi connectivity index (χ4n) is 0.250. The Kier molecular flexibility index (Phi) is 7.47. The van der Waals surface area contributed by atoms with E-state index in [2.05, 4.69) is 36.9 Å². The largest absolute Gasteiger partial charge is 0.169 e. The Bertz CT molecular complexity index is 169. The molecule has 0 fully saturated rings. The maximum atomic E-state index is 3.55. The van der Waals surface area contributed by atoms with E-state index in [0.29, 0.717) is 13.1 Å². The second-order valence-corrected chi connectivity index (χ2v) is 1.39. The summed E-state index contributed by atoms with van der Waals surface area (Å²) in [6.07, 6.45) is 0. The molecule has 60 valence electrons. The second-order valence-electron chi connectivity index (χ2n) is 1.39. The van der Waals surface area contributed by atoms with Crippen LogP contribution in [0.1, 0.15) is 13.8 Å². The van der Waals surface area contributed by atoms with E-state index in [4.69, 9.17) is 0 Å². The van der Waals surface area contributed by atoms with Gasteiger partial charge in [0.05, 0.1) is 13.1 Å². The molecule has 11 heavy (non-hydrogen) atoms. The van der Waals surface area contributed by atoms with Crippen molar-refractivity contribution >= 4 is 6.01 Å². The summed E-state index contributed by atoms with van der Waals surface area (Å²) in [5, 5.41) is 20.4. The minimum Gasteiger partial charge on any atom is -0.169 e. The number of hydrogen-bond acceptors (Lipinski definition) is 4. The monoisotopic (exact) mass is 154 g/mol. The molecule has 0 bridgehead atoms. The van der Waals surface area contributed by atoms with Crippen molar-refractivity contribution in [2.75, 3.05) is 13.1 Å². The fraction of sp³-hybridized carbons (Fsp3) is 0.800. The van der Waals surface area contributed by atoms with Crippen molar-refractivity contribution in [2.24, 2.45) is 30.9 Å². The van der Waals surface area contributed by atoms with Crippen molar-refractivity contribution in [1.29, 1.82) is 0 Å². The predicted molar refractivity (Wildman–Crippen MR) is 40.7 cm³/mol. The number of nitrogens with zero attached hydrogens (tertiary/aromatic N) is 6. The molecule has 0 rings (SSSR count). The highest BCUT2D eigenvalue weighted by molar-refractivity contribution is 5.39. The first-order valence-corrected chi connectivity index (χ1v) is 3.29. The first kappa shape index (κ1) is 9.58. The molecule has 0 aromatic rings. The highest BCUT2D eigenvalue weighted by atomic mass is 15.4. The Labute approximate surface area is 64.8 Å². The summed E-state index contributed by atoms with van der Waals surface area (Å²) in [7, 11) is 0. The van der Waals surface area contributed by atoms with Gasteiger partial charge in [-0.15, -0.1) is 0 Å². The van der Waals surface area contributed by atoms with Crippen LogP contribution in [0.5, 0.6) is 0 Å². The van der Waals surface area contributed by atoms with Crippen LogP contribution in [0.25, 0.3) is 0 Å². The van der Waals surface area contributed by atoms with E-state index in [-0.39, 0.29) is 0 Å². The molecule has 0 aliphatic heterocycles. The highest BCUT2D eigenvalue weighted by Gasteiger charge is 1.63. The maximum absolute atomic E-state index is 3.55. The fourth-order valence-corrected chi connectivity index (χ4v) is 0.250. The summed E-state index contributed by atoms with van der Waals surface area (Å²) in [5.74, 6) is 0. The van der Waals surface area contributed by atoms with E-state index in [1.807, 2.05) is 13.8 Å². The third kappa shape index (κ3) is 8.58. The molecule has 0 unspecified atom stereocenters. The van der Waals surface area contributed by atoms with Crippen molar-refractivity contribution in [3.63, 3.8) is 0 Å². The summed E-state index contributed by atoms with van der Waals surface area (Å²) >= 11 is 0. The minimum atomic E-state index is 0.599. The second kappa shape index (κ2) is 8.58. The Hall–Kier alpha value is -1.42. The first-order chi connectivity index (χ1) is 5.41. The molecule has 0 amide bonds. The summed E-state index contributed by atoms with van der Waals surface area (Å²) in [6, 6.07) is 2.18. The van der Waals surface area contributed by atoms with Crippen molar-refractivity contribution in [3.8, 4) is 0 Å². The lowest BCUT2D eigenvalue weighted by molar-refractivity contribution is 0.915. The maximum Gasteiger partial charge on any atom is 0.148 e. The third-order valence-electron chi connectivity index (χ3n) is 0.588. The molecule has 6 nitrogen and oxygen atoms in total. The Balaban J connectivity index is 3.63. The number of hydrogen-bond donors (Lipinski definition) is 0. The van der Waals surface area contributed by atoms with Crippen LogP contribution in [-0.2, 0) is 0 Å². The lowest BCUT2D eigenvalue weighted by atomic mass is 10.8. The van der Waals surface area contributed by atoms with Crippen LogP contribution in [0.2, 0.25) is 0 Å². The van der Waals surface area contributed by atoms with Gasteiger partial charge in [-0.25, -0.2) is 0 Å². The molecular weight excluding hydrogens is 144 g/mol. The minimum absolute atomic E-state index is 0.599. The summed E-state index contributed by atoms with van der Waals surface area (Å²) in [5.41, 5.74) is 0. The summed E-state index contributed by atoms with van der Waals surface area (Å²) in [6.45, 7) is 4.91. The van der Waals surface area contributed by atoms with Gasteiger partial charge in [-0.1, -0.05) is 10.2 Å². The molecule has 0 N–H and O–H groups in total. The lowest BCUT2D eigenvalue weighted by Gasteiger charge is -1.70. The smallest absolute Gasteiger partial charge is 0.148 e. The van der Waals surface area contributed by atoms with E-state index < -0.39 is 0 Å². The normalized spacial score (nSPS) is 10.4. The van der Waals surface area contributed by atoms with Gasteiger partial charge in [-0.3, -0.25) is 0 Å². The molecule has 0 spiro atoms. The van der Waals surface area contributed by atoms with E-state index in [0.717, 1.165) is 0 Å². The van der Waals surface area contributed by atoms with Crippen LogP contribution >= 0.6 is 0 Å². The van der Waals surface area contributed by atoms with Gasteiger partial charge in [0.1, 0.15) is 6.01 Å². The molecule has 0 saturated carbocycles. The average Bonchev–Trinajstić information content (AvgIpc) is 2.03. The topological polar surface area (TPSA) is 74.2 Å². The molecule has 0 aliphatic rings. The Morgan fingerprint density at radius 3 is 1.73 bits per heavy atom. The zero-order valence-corrected chi connectivity index (χ0v) is 6.60. The number of rotatable bonds is 4. The van der Waals surface area contributed by atoms with E-state index in [1.165, 1.54) is 0 Å². The molecule has 0 aromatic heterocycles. The SMILES string of the molecule is CCN=NN=C=NN=NCC. The molecule has 6 heteroatoms. The van der Waals surface area contributed by atoms with Crippen LogP contribution in [0.4, 0.5) is 0 Å². The standard InChI is InChI=1S/C5H10N6/c1-3-6-10-8-5-9-11-7-4-2/h3-4H2,1-2H3. The van der Waals surface area contributed by atoms with Crippen LogP contribution in [0, 0.1) is 0 Å². The molecule has 0 radical (unpaired) electrons. The molecule has 0 aromatic carbocycles. The van der Waals surface area contributed by atoms with Crippen molar-refractivity contribution < 1.29 is 0 Å². The first-order valence-electron chi connectivity index (χ1n) is 3.29. The predicted octanol–water partition coefficient (Wildman–Crippen LogP) is 1.93. The van der Waals surface area contributed by atoms with E-state index >= 15 is 0 Å². The third-order valence-corrected chi connectivity index (χ3v) is 0.588. The summed E-state index contributed by atoms with van der Waals surface area (Å²) < 4.78 is 0. The molecular formula is C5H10N6. The van der Waals surface area contributed by atoms with Gasteiger partial charge in [0, 0.05) is 0 Å². The lowest BCUT2D eigenvalue weighted by Crippen LogP contribution is -1.61. The van der Waals surface area contributed by atoms with Crippen molar-refractivity contribution in [2.45, 2.75) is 13.8 Å². The molecule has 0 heterocycles.